The minimum atomic E-state index is -1.80. The Labute approximate surface area is 220 Å². The van der Waals surface area contributed by atoms with Crippen molar-refractivity contribution in [1.82, 2.24) is 0 Å². The molecule has 0 N–H and O–H groups in total. The van der Waals surface area contributed by atoms with Crippen molar-refractivity contribution >= 4 is 56.6 Å². The van der Waals surface area contributed by atoms with Crippen LogP contribution >= 0.6 is 0 Å². The van der Waals surface area contributed by atoms with Gasteiger partial charge in [-0.25, -0.2) is 0 Å². The topological polar surface area (TPSA) is 9.72 Å². The third kappa shape index (κ3) is 3.79. The lowest BCUT2D eigenvalue weighted by atomic mass is 10.2. The van der Waals surface area contributed by atoms with E-state index in [1.165, 1.54) is 33.8 Å². The van der Waals surface area contributed by atoms with Crippen LogP contribution in [0.15, 0.2) is 72.8 Å². The van der Waals surface area contributed by atoms with Gasteiger partial charge in [-0.05, 0) is 62.0 Å². The van der Waals surface area contributed by atoms with Crippen LogP contribution in [-0.4, -0.2) is 39.5 Å². The quantitative estimate of drug-likeness (QED) is 0.325. The molecule has 0 atom stereocenters. The number of nitrogens with zero attached hydrogens (tertiary/aromatic N) is 3. The van der Waals surface area contributed by atoms with Crippen LogP contribution in [0.2, 0.25) is 44.1 Å². The highest BCUT2D eigenvalue weighted by molar-refractivity contribution is 7.31. The maximum Gasteiger partial charge on any atom is 0.715 e. The summed E-state index contributed by atoms with van der Waals surface area (Å²) in [6.45, 7) is 22.8. The second-order valence-corrected chi connectivity index (χ2v) is 31.0. The fraction of sp³-hybridized carbons (Fsp3) is 0.357. The highest BCUT2D eigenvalue weighted by atomic mass is 28.5. The van der Waals surface area contributed by atoms with Crippen molar-refractivity contribution in [2.45, 2.75) is 64.8 Å². The molecule has 3 heterocycles. The molecule has 182 valence electrons. The summed E-state index contributed by atoms with van der Waals surface area (Å²) in [7, 11) is -5.29. The highest BCUT2D eigenvalue weighted by Crippen LogP contribution is 2.57. The van der Waals surface area contributed by atoms with Gasteiger partial charge in [0, 0.05) is 17.1 Å². The molecule has 0 aromatic heterocycles. The lowest BCUT2D eigenvalue weighted by Gasteiger charge is -2.74. The van der Waals surface area contributed by atoms with E-state index in [0.29, 0.717) is 0 Å². The molecule has 0 radical (unpaired) electrons. The van der Waals surface area contributed by atoms with Gasteiger partial charge >= 0.3 is 14.8 Å². The molecule has 3 nitrogen and oxygen atoms in total. The molecule has 3 aromatic rings. The first-order valence-electron chi connectivity index (χ1n) is 12.9. The molecule has 3 fully saturated rings. The molecule has 3 saturated heterocycles. The standard InChI is InChI=1S/C28H40N3Si3.Al/c1-22-10-16-25(17-11-22)29-32(4,5)28(33(6,7)30-26-18-12-23(2)13-19-26)34(8,9)31-27-20-14-24(3)15-21-27;/h10-21,28H,1-9H3;/q-3;+3. The monoisotopic (exact) mass is 529 g/mol. The first-order valence-corrected chi connectivity index (χ1v) is 23.6. The third-order valence-electron chi connectivity index (χ3n) is 8.61. The van der Waals surface area contributed by atoms with Crippen LogP contribution < -0.4 is 10.6 Å². The van der Waals surface area contributed by atoms with E-state index in [0.717, 1.165) is 4.79 Å². The second-order valence-electron chi connectivity index (χ2n) is 12.4. The van der Waals surface area contributed by atoms with E-state index in [4.69, 9.17) is 0 Å². The van der Waals surface area contributed by atoms with Gasteiger partial charge in [-0.1, -0.05) is 92.4 Å². The Morgan fingerprint density at radius 1 is 0.457 bits per heavy atom. The molecular weight excluding hydrogens is 490 g/mol. The van der Waals surface area contributed by atoms with Gasteiger partial charge in [-0.3, -0.25) is 0 Å². The van der Waals surface area contributed by atoms with Gasteiger partial charge in [0.25, 0.3) is 0 Å². The van der Waals surface area contributed by atoms with Crippen LogP contribution in [0.3, 0.4) is 0 Å². The van der Waals surface area contributed by atoms with Crippen molar-refractivity contribution in [2.75, 3.05) is 10.6 Å². The van der Waals surface area contributed by atoms with E-state index >= 15 is 0 Å². The van der Waals surface area contributed by atoms with Crippen molar-refractivity contribution in [1.29, 1.82) is 0 Å². The SMILES string of the molecule is Cc1ccc([N]2[Al]3[N](c4ccc(C)cc4)[Si](C)(C)C([Si]2(C)C)[Si](C)(C)[N]3c2ccc(C)cc2)cc1. The molecular formula is C28H40AlN3Si3. The number of rotatable bonds is 3. The molecule has 0 unspecified atom stereocenters. The van der Waals surface area contributed by atoms with E-state index in [1.54, 1.807) is 0 Å². The predicted molar refractivity (Wildman–Crippen MR) is 163 cm³/mol. The van der Waals surface area contributed by atoms with E-state index in [-0.39, 0.29) is 0 Å². The normalized spacial score (nSPS) is 20.5. The number of hydrogen-bond donors (Lipinski definition) is 0. The van der Waals surface area contributed by atoms with E-state index in [1.807, 2.05) is 0 Å². The Kier molecular flexibility index (Phi) is 5.97. The Balaban J connectivity index is 1.80. The molecule has 3 aromatic carbocycles. The van der Waals surface area contributed by atoms with E-state index in [9.17, 15) is 0 Å². The zero-order chi connectivity index (χ0) is 25.3. The first-order chi connectivity index (χ1) is 16.4. The van der Waals surface area contributed by atoms with Gasteiger partial charge in [0.2, 0.25) is 0 Å². The molecule has 0 saturated carbocycles. The smallest absolute Gasteiger partial charge is 0.455 e. The average Bonchev–Trinajstić information content (AvgIpc) is 2.75. The van der Waals surface area contributed by atoms with E-state index in [2.05, 4.69) is 143 Å². The Bertz CT molecular complexity index is 1070. The molecule has 0 amide bonds. The van der Waals surface area contributed by atoms with Crippen LogP contribution in [0, 0.1) is 20.8 Å². The Morgan fingerprint density at radius 2 is 0.686 bits per heavy atom. The molecule has 3 aliphatic rings. The molecule has 6 rings (SSSR count). The Morgan fingerprint density at radius 3 is 0.914 bits per heavy atom. The zero-order valence-electron chi connectivity index (χ0n) is 22.9. The van der Waals surface area contributed by atoms with Gasteiger partial charge < -0.3 is 10.6 Å². The summed E-state index contributed by atoms with van der Waals surface area (Å²) in [5, 5.41) is 0. The molecule has 2 bridgehead atoms. The summed E-state index contributed by atoms with van der Waals surface area (Å²) in [4.78, 5) is 0.795. The van der Waals surface area contributed by atoms with Gasteiger partial charge in [0.05, 0.1) is 0 Å². The first kappa shape index (κ1) is 24.9. The predicted octanol–water partition coefficient (Wildman–Crippen LogP) is 7.51. The Hall–Kier alpha value is -1.76. The van der Waals surface area contributed by atoms with Crippen LogP contribution in [0.1, 0.15) is 16.7 Å². The molecule has 35 heavy (non-hydrogen) atoms. The average molecular weight is 530 g/mol. The van der Waals surface area contributed by atoms with Crippen molar-refractivity contribution < 1.29 is 0 Å². The van der Waals surface area contributed by atoms with Crippen LogP contribution in [0.5, 0.6) is 0 Å². The largest absolute Gasteiger partial charge is 0.715 e. The fourth-order valence-electron chi connectivity index (χ4n) is 7.76. The van der Waals surface area contributed by atoms with Crippen molar-refractivity contribution in [3.63, 3.8) is 0 Å². The molecule has 3 aliphatic heterocycles. The molecule has 0 aliphatic carbocycles. The number of benzene rings is 3. The number of hydrogen-bond acceptors (Lipinski definition) is 3. The maximum absolute atomic E-state index is 3.02. The lowest BCUT2D eigenvalue weighted by Crippen LogP contribution is -2.95. The summed E-state index contributed by atoms with van der Waals surface area (Å²) in [5.74, 6) is 0. The van der Waals surface area contributed by atoms with Gasteiger partial charge in [0.15, 0.2) is 0 Å². The minimum Gasteiger partial charge on any atom is -0.455 e. The van der Waals surface area contributed by atoms with E-state index < -0.39 is 39.5 Å². The summed E-state index contributed by atoms with van der Waals surface area (Å²) >= 11 is -1.80. The highest BCUT2D eigenvalue weighted by Gasteiger charge is 2.75. The van der Waals surface area contributed by atoms with Gasteiger partial charge in [-0.2, -0.15) is 0 Å². The van der Waals surface area contributed by atoms with Gasteiger partial charge in [-0.15, -0.1) is 0 Å². The van der Waals surface area contributed by atoms with Gasteiger partial charge in [0.1, 0.15) is 24.7 Å². The van der Waals surface area contributed by atoms with Crippen LogP contribution in [-0.2, 0) is 0 Å². The van der Waals surface area contributed by atoms with Crippen molar-refractivity contribution in [2.24, 2.45) is 0 Å². The lowest BCUT2D eigenvalue weighted by molar-refractivity contribution is 1.09. The third-order valence-corrected chi connectivity index (χ3v) is 40.4. The number of anilines is 3. The van der Waals surface area contributed by atoms with Crippen molar-refractivity contribution in [3.8, 4) is 0 Å². The number of fused-ring (bicyclic) bond motifs is 3. The maximum atomic E-state index is 3.02. The number of aryl methyl sites for hydroxylation is 3. The summed E-state index contributed by atoms with van der Waals surface area (Å²) in [6, 6.07) is 28.3. The summed E-state index contributed by atoms with van der Waals surface area (Å²) in [6.07, 6.45) is 0. The molecule has 0 spiro atoms. The summed E-state index contributed by atoms with van der Waals surface area (Å²) < 4.78 is 9.06. The summed E-state index contributed by atoms with van der Waals surface area (Å²) in [5.41, 5.74) is 8.35. The fourth-order valence-corrected chi connectivity index (χ4v) is 50.6. The second kappa shape index (κ2) is 8.39. The van der Waals surface area contributed by atoms with Crippen LogP contribution in [0.25, 0.3) is 0 Å². The zero-order valence-corrected chi connectivity index (χ0v) is 27.1. The molecule has 7 heteroatoms. The van der Waals surface area contributed by atoms with Crippen LogP contribution in [0.4, 0.5) is 17.1 Å². The minimum absolute atomic E-state index is 0.795. The van der Waals surface area contributed by atoms with Crippen molar-refractivity contribution in [3.05, 3.63) is 89.5 Å².